The SMILES string of the molecule is [2H]C([2H])([2H])c1cnc(-c2cccc3c2oc2cc4c(ccc5ccccc54)cc23)cc1-c1ccc(C(C)C)cc1C(C)C. The molecular formula is C38H33NO. The molecule has 0 saturated carbocycles. The van der Waals surface area contributed by atoms with Crippen molar-refractivity contribution < 1.29 is 8.53 Å². The van der Waals surface area contributed by atoms with Crippen LogP contribution in [0.1, 0.15) is 60.3 Å². The molecule has 0 aliphatic heterocycles. The Morgan fingerprint density at radius 2 is 1.48 bits per heavy atom. The number of hydrogen-bond donors (Lipinski definition) is 0. The Labute approximate surface area is 239 Å². The molecule has 0 aliphatic carbocycles. The number of hydrogen-bond acceptors (Lipinski definition) is 2. The zero-order valence-electron chi connectivity index (χ0n) is 26.2. The fraction of sp³-hybridized carbons (Fsp3) is 0.184. The Morgan fingerprint density at radius 3 is 2.30 bits per heavy atom. The van der Waals surface area contributed by atoms with Gasteiger partial charge in [0.1, 0.15) is 11.2 Å². The molecule has 0 N–H and O–H groups in total. The van der Waals surface area contributed by atoms with Crippen LogP contribution < -0.4 is 0 Å². The monoisotopic (exact) mass is 522 g/mol. The lowest BCUT2D eigenvalue weighted by Crippen LogP contribution is -1.99. The predicted molar refractivity (Wildman–Crippen MR) is 170 cm³/mol. The van der Waals surface area contributed by atoms with Crippen LogP contribution in [0.4, 0.5) is 0 Å². The first-order valence-electron chi connectivity index (χ1n) is 15.5. The van der Waals surface area contributed by atoms with E-state index < -0.39 is 6.85 Å². The number of pyridine rings is 1. The zero-order chi connectivity index (χ0) is 30.0. The highest BCUT2D eigenvalue weighted by Gasteiger charge is 2.18. The molecule has 40 heavy (non-hydrogen) atoms. The van der Waals surface area contributed by atoms with E-state index in [0.717, 1.165) is 49.4 Å². The van der Waals surface area contributed by atoms with Crippen LogP contribution in [0.15, 0.2) is 102 Å². The van der Waals surface area contributed by atoms with Gasteiger partial charge in [0.25, 0.3) is 0 Å². The molecule has 2 nitrogen and oxygen atoms in total. The fourth-order valence-corrected chi connectivity index (χ4v) is 5.99. The van der Waals surface area contributed by atoms with Crippen molar-refractivity contribution in [1.82, 2.24) is 4.98 Å². The third kappa shape index (κ3) is 3.90. The standard InChI is InChI=1S/C38H33NO/c1-22(2)26-15-16-29(32(17-26)23(3)4)33-19-36(39-21-24(33)5)31-12-8-11-30-35-18-27-14-13-25-9-6-7-10-28(25)34(27)20-37(35)40-38(30)31/h6-23H,1-5H3/i5D3. The van der Waals surface area contributed by atoms with E-state index in [-0.39, 0.29) is 11.5 Å². The van der Waals surface area contributed by atoms with Crippen molar-refractivity contribution in [3.05, 3.63) is 114 Å². The summed E-state index contributed by atoms with van der Waals surface area (Å²) >= 11 is 0. The minimum Gasteiger partial charge on any atom is -0.455 e. The molecular weight excluding hydrogens is 486 g/mol. The fourth-order valence-electron chi connectivity index (χ4n) is 5.99. The maximum Gasteiger partial charge on any atom is 0.144 e. The van der Waals surface area contributed by atoms with Crippen molar-refractivity contribution in [1.29, 1.82) is 0 Å². The summed E-state index contributed by atoms with van der Waals surface area (Å²) in [5.74, 6) is 0.598. The van der Waals surface area contributed by atoms with Gasteiger partial charge in [-0.2, -0.15) is 0 Å². The van der Waals surface area contributed by atoms with Gasteiger partial charge < -0.3 is 4.42 Å². The van der Waals surface area contributed by atoms with Gasteiger partial charge in [0.15, 0.2) is 0 Å². The van der Waals surface area contributed by atoms with Gasteiger partial charge >= 0.3 is 0 Å². The topological polar surface area (TPSA) is 26.0 Å². The Hall–Kier alpha value is -4.43. The Bertz CT molecular complexity index is 2190. The van der Waals surface area contributed by atoms with Gasteiger partial charge in [-0.1, -0.05) is 94.4 Å². The molecule has 0 fully saturated rings. The molecule has 0 saturated heterocycles. The van der Waals surface area contributed by atoms with Crippen LogP contribution in [0.25, 0.3) is 65.9 Å². The molecule has 0 bridgehead atoms. The quantitative estimate of drug-likeness (QED) is 0.215. The van der Waals surface area contributed by atoms with E-state index in [4.69, 9.17) is 13.5 Å². The number of nitrogens with zero attached hydrogens (tertiary/aromatic N) is 1. The lowest BCUT2D eigenvalue weighted by atomic mass is 9.87. The highest BCUT2D eigenvalue weighted by molar-refractivity contribution is 6.17. The average molecular weight is 523 g/mol. The van der Waals surface area contributed by atoms with Gasteiger partial charge in [-0.15, -0.1) is 0 Å². The summed E-state index contributed by atoms with van der Waals surface area (Å²) in [5.41, 5.74) is 7.34. The van der Waals surface area contributed by atoms with Crippen LogP contribution in [0.5, 0.6) is 0 Å². The minimum absolute atomic E-state index is 0.221. The van der Waals surface area contributed by atoms with Gasteiger partial charge in [0, 0.05) is 26.6 Å². The van der Waals surface area contributed by atoms with E-state index in [0.29, 0.717) is 17.2 Å². The van der Waals surface area contributed by atoms with Gasteiger partial charge in [-0.25, -0.2) is 0 Å². The summed E-state index contributed by atoms with van der Waals surface area (Å²) in [6, 6.07) is 31.5. The molecule has 0 spiro atoms. The van der Waals surface area contributed by atoms with Crippen molar-refractivity contribution >= 4 is 43.5 Å². The Balaban J connectivity index is 1.46. The lowest BCUT2D eigenvalue weighted by molar-refractivity contribution is 0.670. The third-order valence-corrected chi connectivity index (χ3v) is 8.20. The lowest BCUT2D eigenvalue weighted by Gasteiger charge is -2.18. The zero-order valence-corrected chi connectivity index (χ0v) is 23.2. The first kappa shape index (κ1) is 21.4. The highest BCUT2D eigenvalue weighted by atomic mass is 16.3. The second-order valence-electron chi connectivity index (χ2n) is 11.4. The highest BCUT2D eigenvalue weighted by Crippen LogP contribution is 2.40. The average Bonchev–Trinajstić information content (AvgIpc) is 3.36. The normalized spacial score (nSPS) is 13.5. The summed E-state index contributed by atoms with van der Waals surface area (Å²) in [5, 5.41) is 6.76. The molecule has 196 valence electrons. The molecule has 2 heteroatoms. The number of aromatic nitrogens is 1. The molecule has 0 radical (unpaired) electrons. The smallest absolute Gasteiger partial charge is 0.144 e. The molecule has 7 rings (SSSR count). The van der Waals surface area contributed by atoms with E-state index in [2.05, 4.69) is 100 Å². The first-order chi connectivity index (χ1) is 20.6. The number of para-hydroxylation sites is 1. The largest absolute Gasteiger partial charge is 0.455 e. The van der Waals surface area contributed by atoms with Crippen LogP contribution >= 0.6 is 0 Å². The number of rotatable bonds is 4. The minimum atomic E-state index is -2.31. The second kappa shape index (κ2) is 9.34. The van der Waals surface area contributed by atoms with Gasteiger partial charge in [-0.3, -0.25) is 4.98 Å². The van der Waals surface area contributed by atoms with Crippen LogP contribution in [-0.2, 0) is 0 Å². The summed E-state index contributed by atoms with van der Waals surface area (Å²) in [4.78, 5) is 4.72. The molecule has 7 aromatic rings. The van der Waals surface area contributed by atoms with Crippen LogP contribution in [0.2, 0.25) is 0 Å². The van der Waals surface area contributed by atoms with Crippen molar-refractivity contribution in [3.63, 3.8) is 0 Å². The molecule has 2 heterocycles. The molecule has 2 aromatic heterocycles. The van der Waals surface area contributed by atoms with Crippen molar-refractivity contribution in [2.24, 2.45) is 0 Å². The van der Waals surface area contributed by atoms with Crippen molar-refractivity contribution in [2.45, 2.75) is 46.4 Å². The van der Waals surface area contributed by atoms with E-state index in [9.17, 15) is 0 Å². The number of furan rings is 1. The van der Waals surface area contributed by atoms with E-state index in [1.807, 2.05) is 18.2 Å². The molecule has 0 atom stereocenters. The number of fused-ring (bicyclic) bond motifs is 6. The first-order valence-corrected chi connectivity index (χ1v) is 14.0. The Kier molecular flexibility index (Phi) is 5.00. The van der Waals surface area contributed by atoms with Gasteiger partial charge in [-0.05, 0) is 92.3 Å². The van der Waals surface area contributed by atoms with E-state index in [1.165, 1.54) is 22.5 Å². The summed E-state index contributed by atoms with van der Waals surface area (Å²) in [7, 11) is 0. The maximum atomic E-state index is 8.33. The molecule has 0 aliphatic rings. The summed E-state index contributed by atoms with van der Waals surface area (Å²) in [6.45, 7) is 6.36. The predicted octanol–water partition coefficient (Wildman–Crippen LogP) is 11.2. The summed E-state index contributed by atoms with van der Waals surface area (Å²) in [6.07, 6.45) is 1.53. The van der Waals surface area contributed by atoms with Crippen LogP contribution in [0.3, 0.4) is 0 Å². The van der Waals surface area contributed by atoms with Gasteiger partial charge in [0.2, 0.25) is 0 Å². The van der Waals surface area contributed by atoms with Gasteiger partial charge in [0.05, 0.1) is 5.69 Å². The van der Waals surface area contributed by atoms with Crippen LogP contribution in [0, 0.1) is 6.85 Å². The third-order valence-electron chi connectivity index (χ3n) is 8.20. The molecule has 0 unspecified atom stereocenters. The number of aryl methyl sites for hydroxylation is 1. The maximum absolute atomic E-state index is 8.33. The van der Waals surface area contributed by atoms with E-state index in [1.54, 1.807) is 0 Å². The van der Waals surface area contributed by atoms with E-state index >= 15 is 0 Å². The van der Waals surface area contributed by atoms with Crippen molar-refractivity contribution in [2.75, 3.05) is 0 Å². The summed E-state index contributed by atoms with van der Waals surface area (Å²) < 4.78 is 31.6. The number of benzene rings is 5. The van der Waals surface area contributed by atoms with Crippen LogP contribution in [-0.4, -0.2) is 4.98 Å². The molecule has 0 amide bonds. The second-order valence-corrected chi connectivity index (χ2v) is 11.4. The molecule has 5 aromatic carbocycles. The Morgan fingerprint density at radius 1 is 0.650 bits per heavy atom. The van der Waals surface area contributed by atoms with Crippen molar-refractivity contribution in [3.8, 4) is 22.4 Å².